The number of fused-ring (bicyclic) bond motifs is 2. The SMILES string of the molecule is CC1CCCCN1Cc1nc2cc3c(cc2[nH]1)OCCO3. The van der Waals surface area contributed by atoms with Crippen molar-refractivity contribution in [3.05, 3.63) is 18.0 Å². The van der Waals surface area contributed by atoms with Crippen LogP contribution in [0.4, 0.5) is 0 Å². The molecule has 4 rings (SSSR count). The predicted molar refractivity (Wildman–Crippen MR) is 80.8 cm³/mol. The van der Waals surface area contributed by atoms with Crippen molar-refractivity contribution in [2.24, 2.45) is 0 Å². The van der Waals surface area contributed by atoms with E-state index in [1.807, 2.05) is 12.1 Å². The van der Waals surface area contributed by atoms with E-state index >= 15 is 0 Å². The van der Waals surface area contributed by atoms with Crippen LogP contribution in [0.1, 0.15) is 32.0 Å². The van der Waals surface area contributed by atoms with Crippen LogP contribution in [0.3, 0.4) is 0 Å². The van der Waals surface area contributed by atoms with Gasteiger partial charge in [-0.25, -0.2) is 4.98 Å². The third-order valence-corrected chi connectivity index (χ3v) is 4.49. The van der Waals surface area contributed by atoms with Gasteiger partial charge in [-0.3, -0.25) is 4.90 Å². The highest BCUT2D eigenvalue weighted by Gasteiger charge is 2.20. The highest BCUT2D eigenvalue weighted by atomic mass is 16.6. The van der Waals surface area contributed by atoms with Gasteiger partial charge in [0.15, 0.2) is 11.5 Å². The maximum atomic E-state index is 5.62. The number of piperidine rings is 1. The summed E-state index contributed by atoms with van der Waals surface area (Å²) in [5.41, 5.74) is 1.98. The first-order valence-electron chi connectivity index (χ1n) is 7.82. The number of benzene rings is 1. The van der Waals surface area contributed by atoms with Gasteiger partial charge in [-0.1, -0.05) is 6.42 Å². The maximum absolute atomic E-state index is 5.62. The highest BCUT2D eigenvalue weighted by Crippen LogP contribution is 2.33. The minimum absolute atomic E-state index is 0.612. The molecule has 1 atom stereocenters. The van der Waals surface area contributed by atoms with Crippen LogP contribution in [0.2, 0.25) is 0 Å². The Labute approximate surface area is 124 Å². The molecule has 0 saturated carbocycles. The number of nitrogens with zero attached hydrogens (tertiary/aromatic N) is 2. The van der Waals surface area contributed by atoms with Crippen LogP contribution in [-0.2, 0) is 6.54 Å². The molecule has 1 aromatic carbocycles. The normalized spacial score (nSPS) is 22.6. The Bertz CT molecular complexity index is 609. The van der Waals surface area contributed by atoms with Crippen LogP contribution >= 0.6 is 0 Å². The van der Waals surface area contributed by atoms with Crippen molar-refractivity contribution in [3.63, 3.8) is 0 Å². The lowest BCUT2D eigenvalue weighted by atomic mass is 10.0. The van der Waals surface area contributed by atoms with E-state index in [4.69, 9.17) is 14.5 Å². The van der Waals surface area contributed by atoms with Crippen molar-refractivity contribution in [1.29, 1.82) is 0 Å². The van der Waals surface area contributed by atoms with Gasteiger partial charge in [-0.2, -0.15) is 0 Å². The zero-order valence-corrected chi connectivity index (χ0v) is 12.4. The highest BCUT2D eigenvalue weighted by molar-refractivity contribution is 5.79. The Kier molecular flexibility index (Phi) is 3.22. The second-order valence-electron chi connectivity index (χ2n) is 6.01. The first-order valence-corrected chi connectivity index (χ1v) is 7.82. The number of hydrogen-bond donors (Lipinski definition) is 1. The van der Waals surface area contributed by atoms with Crippen molar-refractivity contribution < 1.29 is 9.47 Å². The van der Waals surface area contributed by atoms with Gasteiger partial charge in [0, 0.05) is 18.2 Å². The molecular formula is C16H21N3O2. The van der Waals surface area contributed by atoms with Crippen molar-refractivity contribution in [2.75, 3.05) is 19.8 Å². The monoisotopic (exact) mass is 287 g/mol. The topological polar surface area (TPSA) is 50.4 Å². The van der Waals surface area contributed by atoms with Gasteiger partial charge < -0.3 is 14.5 Å². The van der Waals surface area contributed by atoms with Crippen LogP contribution in [0.15, 0.2) is 12.1 Å². The molecule has 21 heavy (non-hydrogen) atoms. The van der Waals surface area contributed by atoms with Crippen molar-refractivity contribution in [3.8, 4) is 11.5 Å². The molecule has 0 aliphatic carbocycles. The van der Waals surface area contributed by atoms with E-state index in [0.29, 0.717) is 19.3 Å². The summed E-state index contributed by atoms with van der Waals surface area (Å²) in [6, 6.07) is 4.62. The van der Waals surface area contributed by atoms with Crippen molar-refractivity contribution in [2.45, 2.75) is 38.8 Å². The molecule has 2 aromatic rings. The van der Waals surface area contributed by atoms with Gasteiger partial charge in [-0.15, -0.1) is 0 Å². The fourth-order valence-corrected chi connectivity index (χ4v) is 3.26. The number of rotatable bonds is 2. The first-order chi connectivity index (χ1) is 10.3. The van der Waals surface area contributed by atoms with E-state index in [2.05, 4.69) is 16.8 Å². The van der Waals surface area contributed by atoms with Gasteiger partial charge >= 0.3 is 0 Å². The summed E-state index contributed by atoms with van der Waals surface area (Å²) in [4.78, 5) is 10.6. The molecule has 1 fully saturated rings. The average molecular weight is 287 g/mol. The molecular weight excluding hydrogens is 266 g/mol. The Morgan fingerprint density at radius 2 is 2.05 bits per heavy atom. The van der Waals surface area contributed by atoms with E-state index in [1.165, 1.54) is 25.8 Å². The quantitative estimate of drug-likeness (QED) is 0.922. The largest absolute Gasteiger partial charge is 0.486 e. The molecule has 3 heterocycles. The summed E-state index contributed by atoms with van der Waals surface area (Å²) < 4.78 is 11.2. The molecule has 5 nitrogen and oxygen atoms in total. The van der Waals surface area contributed by atoms with E-state index in [-0.39, 0.29) is 0 Å². The lowest BCUT2D eigenvalue weighted by Gasteiger charge is -2.32. The van der Waals surface area contributed by atoms with Crippen molar-refractivity contribution in [1.82, 2.24) is 14.9 Å². The molecule has 0 spiro atoms. The third kappa shape index (κ3) is 2.46. The van der Waals surface area contributed by atoms with Gasteiger partial charge in [0.2, 0.25) is 0 Å². The molecule has 2 aliphatic heterocycles. The lowest BCUT2D eigenvalue weighted by Crippen LogP contribution is -2.37. The van der Waals surface area contributed by atoms with E-state index in [1.54, 1.807) is 0 Å². The number of nitrogens with one attached hydrogen (secondary N) is 1. The van der Waals surface area contributed by atoms with Crippen LogP contribution in [0, 0.1) is 0 Å². The predicted octanol–water partition coefficient (Wildman–Crippen LogP) is 2.71. The molecule has 1 saturated heterocycles. The number of aromatic nitrogens is 2. The maximum Gasteiger partial charge on any atom is 0.163 e. The van der Waals surface area contributed by atoms with Gasteiger partial charge in [0.05, 0.1) is 17.6 Å². The summed E-state index contributed by atoms with van der Waals surface area (Å²) in [6.45, 7) is 5.59. The summed E-state index contributed by atoms with van der Waals surface area (Å²) in [6.07, 6.45) is 3.93. The minimum Gasteiger partial charge on any atom is -0.486 e. The van der Waals surface area contributed by atoms with Gasteiger partial charge in [-0.05, 0) is 26.3 Å². The number of hydrogen-bond acceptors (Lipinski definition) is 4. The fraction of sp³-hybridized carbons (Fsp3) is 0.562. The third-order valence-electron chi connectivity index (χ3n) is 4.49. The van der Waals surface area contributed by atoms with Crippen LogP contribution in [0.25, 0.3) is 11.0 Å². The Morgan fingerprint density at radius 1 is 1.24 bits per heavy atom. The second-order valence-corrected chi connectivity index (χ2v) is 6.01. The van der Waals surface area contributed by atoms with Crippen LogP contribution < -0.4 is 9.47 Å². The van der Waals surface area contributed by atoms with Gasteiger partial charge in [0.25, 0.3) is 0 Å². The summed E-state index contributed by atoms with van der Waals surface area (Å²) >= 11 is 0. The summed E-state index contributed by atoms with van der Waals surface area (Å²) in [5, 5.41) is 0. The molecule has 112 valence electrons. The van der Waals surface area contributed by atoms with Crippen LogP contribution in [-0.4, -0.2) is 40.7 Å². The second kappa shape index (κ2) is 5.22. The lowest BCUT2D eigenvalue weighted by molar-refractivity contribution is 0.149. The standard InChI is InChI=1S/C16H21N3O2/c1-11-4-2-3-5-19(11)10-16-17-12-8-14-15(9-13(12)18-16)21-7-6-20-14/h8-9,11H,2-7,10H2,1H3,(H,17,18). The summed E-state index contributed by atoms with van der Waals surface area (Å²) in [5.74, 6) is 2.65. The number of ether oxygens (including phenoxy) is 2. The van der Waals surface area contributed by atoms with E-state index in [9.17, 15) is 0 Å². The zero-order chi connectivity index (χ0) is 14.2. The minimum atomic E-state index is 0.612. The molecule has 0 bridgehead atoms. The first kappa shape index (κ1) is 13.0. The molecule has 2 aliphatic rings. The number of imidazole rings is 1. The van der Waals surface area contributed by atoms with E-state index in [0.717, 1.165) is 34.9 Å². The number of aromatic amines is 1. The van der Waals surface area contributed by atoms with Crippen molar-refractivity contribution >= 4 is 11.0 Å². The Balaban J connectivity index is 1.61. The smallest absolute Gasteiger partial charge is 0.163 e. The average Bonchev–Trinajstić information content (AvgIpc) is 2.88. The Hall–Kier alpha value is -1.75. The number of likely N-dealkylation sites (tertiary alicyclic amines) is 1. The van der Waals surface area contributed by atoms with Crippen LogP contribution in [0.5, 0.6) is 11.5 Å². The molecule has 0 radical (unpaired) electrons. The fourth-order valence-electron chi connectivity index (χ4n) is 3.26. The zero-order valence-electron chi connectivity index (χ0n) is 12.4. The van der Waals surface area contributed by atoms with E-state index < -0.39 is 0 Å². The Morgan fingerprint density at radius 3 is 2.86 bits per heavy atom. The summed E-state index contributed by atoms with van der Waals surface area (Å²) in [7, 11) is 0. The molecule has 1 N–H and O–H groups in total. The molecule has 1 unspecified atom stereocenters. The molecule has 5 heteroatoms. The van der Waals surface area contributed by atoms with Gasteiger partial charge in [0.1, 0.15) is 19.0 Å². The molecule has 0 amide bonds. The molecule has 1 aromatic heterocycles. The number of H-pyrrole nitrogens is 1.